The maximum absolute atomic E-state index is 12.5. The molecule has 6 heteroatoms. The third-order valence-corrected chi connectivity index (χ3v) is 5.43. The summed E-state index contributed by atoms with van der Waals surface area (Å²) in [5.41, 5.74) is 4.98. The van der Waals surface area contributed by atoms with Crippen LogP contribution < -0.4 is 4.90 Å². The Morgan fingerprint density at radius 3 is 2.70 bits per heavy atom. The van der Waals surface area contributed by atoms with E-state index in [-0.39, 0.29) is 11.8 Å². The first-order valence-corrected chi connectivity index (χ1v) is 9.28. The fourth-order valence-electron chi connectivity index (χ4n) is 3.41. The van der Waals surface area contributed by atoms with Crippen LogP contribution in [0.1, 0.15) is 34.9 Å². The average molecular weight is 382 g/mol. The van der Waals surface area contributed by atoms with Crippen LogP contribution in [0.5, 0.6) is 0 Å². The highest BCUT2D eigenvalue weighted by molar-refractivity contribution is 6.31. The molecule has 0 radical (unpaired) electrons. The van der Waals surface area contributed by atoms with E-state index < -0.39 is 0 Å². The predicted molar refractivity (Wildman–Crippen MR) is 105 cm³/mol. The second-order valence-corrected chi connectivity index (χ2v) is 7.52. The molecule has 0 aliphatic carbocycles. The Labute approximate surface area is 163 Å². The van der Waals surface area contributed by atoms with Gasteiger partial charge in [0.05, 0.1) is 5.92 Å². The molecule has 1 atom stereocenters. The van der Waals surface area contributed by atoms with Gasteiger partial charge in [0.2, 0.25) is 17.6 Å². The molecule has 0 N–H and O–H groups in total. The van der Waals surface area contributed by atoms with Gasteiger partial charge in [-0.15, -0.1) is 0 Å². The van der Waals surface area contributed by atoms with Gasteiger partial charge < -0.3 is 9.42 Å². The van der Waals surface area contributed by atoms with Gasteiger partial charge >= 0.3 is 0 Å². The summed E-state index contributed by atoms with van der Waals surface area (Å²) in [4.78, 5) is 18.9. The molecule has 1 saturated heterocycles. The molecule has 1 amide bonds. The fourth-order valence-corrected chi connectivity index (χ4v) is 3.52. The summed E-state index contributed by atoms with van der Waals surface area (Å²) in [7, 11) is 0. The van der Waals surface area contributed by atoms with Gasteiger partial charge in [0.25, 0.3) is 0 Å². The van der Waals surface area contributed by atoms with E-state index in [9.17, 15) is 4.79 Å². The largest absolute Gasteiger partial charge is 0.339 e. The van der Waals surface area contributed by atoms with Crippen molar-refractivity contribution in [3.05, 3.63) is 64.0 Å². The summed E-state index contributed by atoms with van der Waals surface area (Å²) in [6.45, 7) is 6.51. The van der Waals surface area contributed by atoms with E-state index in [0.717, 1.165) is 27.9 Å². The van der Waals surface area contributed by atoms with Crippen LogP contribution in [-0.4, -0.2) is 22.6 Å². The molecule has 0 spiro atoms. The Kier molecular flexibility index (Phi) is 4.48. The predicted octanol–water partition coefficient (Wildman–Crippen LogP) is 4.84. The van der Waals surface area contributed by atoms with Gasteiger partial charge in [0.15, 0.2) is 0 Å². The molecule has 138 valence electrons. The molecule has 27 heavy (non-hydrogen) atoms. The summed E-state index contributed by atoms with van der Waals surface area (Å²) in [5, 5.41) is 4.84. The van der Waals surface area contributed by atoms with Crippen molar-refractivity contribution < 1.29 is 9.32 Å². The zero-order valence-electron chi connectivity index (χ0n) is 15.5. The highest BCUT2D eigenvalue weighted by Crippen LogP contribution is 2.33. The number of halogens is 1. The minimum Gasteiger partial charge on any atom is -0.339 e. The van der Waals surface area contributed by atoms with Crippen molar-refractivity contribution in [3.63, 3.8) is 0 Å². The first kappa shape index (κ1) is 17.7. The zero-order chi connectivity index (χ0) is 19.1. The van der Waals surface area contributed by atoms with Gasteiger partial charge in [-0.2, -0.15) is 4.98 Å². The maximum atomic E-state index is 12.5. The van der Waals surface area contributed by atoms with Gasteiger partial charge in [0.1, 0.15) is 0 Å². The standard InChI is InChI=1S/C21H20ClN3O2/c1-12-4-5-13(2)17(8-12)20-23-21(27-24-20)15-10-19(26)25(11-15)16-6-7-18(22)14(3)9-16/h4-9,15H,10-11H2,1-3H3. The van der Waals surface area contributed by atoms with Crippen LogP contribution in [-0.2, 0) is 4.79 Å². The number of aromatic nitrogens is 2. The van der Waals surface area contributed by atoms with Crippen molar-refractivity contribution in [2.45, 2.75) is 33.1 Å². The van der Waals surface area contributed by atoms with Crippen LogP contribution >= 0.6 is 11.6 Å². The van der Waals surface area contributed by atoms with Crippen LogP contribution in [0.3, 0.4) is 0 Å². The summed E-state index contributed by atoms with van der Waals surface area (Å²) in [6.07, 6.45) is 0.357. The smallest absolute Gasteiger partial charge is 0.232 e. The lowest BCUT2D eigenvalue weighted by molar-refractivity contribution is -0.117. The van der Waals surface area contributed by atoms with Gasteiger partial charge in [-0.25, -0.2) is 0 Å². The zero-order valence-corrected chi connectivity index (χ0v) is 16.2. The molecule has 1 aromatic heterocycles. The first-order chi connectivity index (χ1) is 12.9. The number of benzene rings is 2. The van der Waals surface area contributed by atoms with E-state index >= 15 is 0 Å². The fraction of sp³-hybridized carbons (Fsp3) is 0.286. The molecule has 4 rings (SSSR count). The van der Waals surface area contributed by atoms with Gasteiger partial charge in [0, 0.05) is 29.2 Å². The molecule has 1 aliphatic heterocycles. The monoisotopic (exact) mass is 381 g/mol. The van der Waals surface area contributed by atoms with Crippen LogP contribution in [0.15, 0.2) is 40.9 Å². The molecule has 1 fully saturated rings. The number of aryl methyl sites for hydroxylation is 3. The van der Waals surface area contributed by atoms with Crippen molar-refractivity contribution in [2.75, 3.05) is 11.4 Å². The Morgan fingerprint density at radius 1 is 1.11 bits per heavy atom. The van der Waals surface area contributed by atoms with E-state index in [4.69, 9.17) is 16.1 Å². The second kappa shape index (κ2) is 6.82. The van der Waals surface area contributed by atoms with E-state index in [1.54, 1.807) is 4.90 Å². The molecule has 1 unspecified atom stereocenters. The lowest BCUT2D eigenvalue weighted by Crippen LogP contribution is -2.24. The Hall–Kier alpha value is -2.66. The molecule has 2 heterocycles. The first-order valence-electron chi connectivity index (χ1n) is 8.90. The number of carbonyl (C=O) groups excluding carboxylic acids is 1. The molecular weight excluding hydrogens is 362 g/mol. The number of hydrogen-bond acceptors (Lipinski definition) is 4. The third kappa shape index (κ3) is 3.35. The number of hydrogen-bond donors (Lipinski definition) is 0. The minimum absolute atomic E-state index is 0.0493. The van der Waals surface area contributed by atoms with E-state index in [0.29, 0.717) is 29.7 Å². The number of carbonyl (C=O) groups is 1. The molecule has 5 nitrogen and oxygen atoms in total. The molecule has 1 aliphatic rings. The van der Waals surface area contributed by atoms with Crippen molar-refractivity contribution in [3.8, 4) is 11.4 Å². The SMILES string of the molecule is Cc1ccc(C)c(-c2noc(C3CC(=O)N(c4ccc(Cl)c(C)c4)C3)n2)c1. The van der Waals surface area contributed by atoms with Crippen molar-refractivity contribution >= 4 is 23.2 Å². The molecule has 0 saturated carbocycles. The highest BCUT2D eigenvalue weighted by atomic mass is 35.5. The van der Waals surface area contributed by atoms with E-state index in [1.165, 1.54) is 0 Å². The highest BCUT2D eigenvalue weighted by Gasteiger charge is 2.35. The van der Waals surface area contributed by atoms with Crippen molar-refractivity contribution in [1.82, 2.24) is 10.1 Å². The number of anilines is 1. The normalized spacial score (nSPS) is 17.0. The van der Waals surface area contributed by atoms with Crippen molar-refractivity contribution in [1.29, 1.82) is 0 Å². The summed E-state index contributed by atoms with van der Waals surface area (Å²) in [5.74, 6) is 1.01. The van der Waals surface area contributed by atoms with E-state index in [1.807, 2.05) is 51.1 Å². The minimum atomic E-state index is -0.111. The quantitative estimate of drug-likeness (QED) is 0.651. The number of nitrogens with zero attached hydrogens (tertiary/aromatic N) is 3. The van der Waals surface area contributed by atoms with Crippen LogP contribution in [0.4, 0.5) is 5.69 Å². The average Bonchev–Trinajstić information content (AvgIpc) is 3.26. The van der Waals surface area contributed by atoms with E-state index in [2.05, 4.69) is 16.2 Å². The summed E-state index contributed by atoms with van der Waals surface area (Å²) in [6, 6.07) is 11.8. The lowest BCUT2D eigenvalue weighted by atomic mass is 10.1. The third-order valence-electron chi connectivity index (χ3n) is 5.00. The molecule has 3 aromatic rings. The van der Waals surface area contributed by atoms with Crippen LogP contribution in [0.25, 0.3) is 11.4 Å². The van der Waals surface area contributed by atoms with Gasteiger partial charge in [-0.3, -0.25) is 4.79 Å². The summed E-state index contributed by atoms with van der Waals surface area (Å²) >= 11 is 6.10. The topological polar surface area (TPSA) is 59.2 Å². The molecule has 2 aromatic carbocycles. The van der Waals surface area contributed by atoms with Gasteiger partial charge in [-0.05, 0) is 56.2 Å². The molecular formula is C21H20ClN3O2. The number of rotatable bonds is 3. The number of amides is 1. The summed E-state index contributed by atoms with van der Waals surface area (Å²) < 4.78 is 5.51. The maximum Gasteiger partial charge on any atom is 0.232 e. The van der Waals surface area contributed by atoms with Crippen LogP contribution in [0.2, 0.25) is 5.02 Å². The Balaban J connectivity index is 1.58. The lowest BCUT2D eigenvalue weighted by Gasteiger charge is -2.17. The van der Waals surface area contributed by atoms with Gasteiger partial charge in [-0.1, -0.05) is 34.5 Å². The van der Waals surface area contributed by atoms with Crippen LogP contribution in [0, 0.1) is 20.8 Å². The Bertz CT molecular complexity index is 1030. The van der Waals surface area contributed by atoms with Crippen molar-refractivity contribution in [2.24, 2.45) is 0 Å². The second-order valence-electron chi connectivity index (χ2n) is 7.11. The molecule has 0 bridgehead atoms. The Morgan fingerprint density at radius 2 is 1.93 bits per heavy atom.